The van der Waals surface area contributed by atoms with Crippen molar-refractivity contribution in [1.82, 2.24) is 4.90 Å². The van der Waals surface area contributed by atoms with Crippen molar-refractivity contribution in [2.45, 2.75) is 13.3 Å². The Morgan fingerprint density at radius 2 is 2.29 bits per heavy atom. The van der Waals surface area contributed by atoms with E-state index in [9.17, 15) is 4.79 Å². The van der Waals surface area contributed by atoms with Gasteiger partial charge in [-0.15, -0.1) is 6.42 Å². The van der Waals surface area contributed by atoms with E-state index in [0.717, 1.165) is 10.9 Å². The Morgan fingerprint density at radius 1 is 1.59 bits per heavy atom. The average Bonchev–Trinajstić information content (AvgIpc) is 2.31. The molecule has 0 aromatic heterocycles. The third kappa shape index (κ3) is 3.50. The fourth-order valence-corrected chi connectivity index (χ4v) is 1.74. The number of rotatable bonds is 4. The van der Waals surface area contributed by atoms with Crippen molar-refractivity contribution >= 4 is 27.5 Å². The predicted molar refractivity (Wildman–Crippen MR) is 73.6 cm³/mol. The second-order valence-corrected chi connectivity index (χ2v) is 4.52. The highest BCUT2D eigenvalue weighted by Crippen LogP contribution is 2.21. The smallest absolute Gasteiger partial charge is 0.254 e. The summed E-state index contributed by atoms with van der Waals surface area (Å²) in [5.74, 6) is 2.41. The molecule has 0 aliphatic carbocycles. The molecule has 0 saturated heterocycles. The largest absolute Gasteiger partial charge is 0.398 e. The number of nitrogen functional groups attached to an aromatic ring is 1. The summed E-state index contributed by atoms with van der Waals surface area (Å²) in [5, 5.41) is 0. The molecule has 0 fully saturated rings. The molecule has 0 atom stereocenters. The normalized spacial score (nSPS) is 9.71. The molecule has 0 aliphatic heterocycles. The number of nitrogens with two attached hydrogens (primary N) is 1. The van der Waals surface area contributed by atoms with Crippen LogP contribution in [0.25, 0.3) is 0 Å². The Labute approximate surface area is 110 Å². The number of hydrogen-bond donors (Lipinski definition) is 1. The molecule has 0 unspecified atom stereocenters. The molecule has 0 bridgehead atoms. The second-order valence-electron chi connectivity index (χ2n) is 3.67. The molecular weight excluding hydrogens is 280 g/mol. The van der Waals surface area contributed by atoms with Gasteiger partial charge in [-0.1, -0.05) is 12.8 Å². The van der Waals surface area contributed by atoms with Crippen LogP contribution in [-0.4, -0.2) is 23.9 Å². The standard InChI is InChI=1S/C13H15BrN2O/c1-3-7-16(8-4-2)13(17)10-5-6-11(14)12(15)9-10/h1,5-6,9H,4,7-8,15H2,2H3. The van der Waals surface area contributed by atoms with Crippen LogP contribution in [0.5, 0.6) is 0 Å². The van der Waals surface area contributed by atoms with Gasteiger partial charge in [0.1, 0.15) is 0 Å². The molecule has 4 heteroatoms. The lowest BCUT2D eigenvalue weighted by Gasteiger charge is -2.19. The summed E-state index contributed by atoms with van der Waals surface area (Å²) < 4.78 is 0.785. The van der Waals surface area contributed by atoms with Gasteiger partial charge in [0.15, 0.2) is 0 Å². The van der Waals surface area contributed by atoms with Crippen molar-refractivity contribution in [2.75, 3.05) is 18.8 Å². The average molecular weight is 295 g/mol. The minimum Gasteiger partial charge on any atom is -0.398 e. The summed E-state index contributed by atoms with van der Waals surface area (Å²) in [7, 11) is 0. The van der Waals surface area contributed by atoms with E-state index in [-0.39, 0.29) is 5.91 Å². The minimum atomic E-state index is -0.0796. The summed E-state index contributed by atoms with van der Waals surface area (Å²) in [6.45, 7) is 2.98. The number of halogens is 1. The number of hydrogen-bond acceptors (Lipinski definition) is 2. The second kappa shape index (κ2) is 6.31. The van der Waals surface area contributed by atoms with E-state index in [0.29, 0.717) is 24.3 Å². The molecule has 2 N–H and O–H groups in total. The van der Waals surface area contributed by atoms with Crippen molar-refractivity contribution < 1.29 is 4.79 Å². The first-order valence-corrected chi connectivity index (χ1v) is 6.17. The van der Waals surface area contributed by atoms with Crippen LogP contribution in [0.2, 0.25) is 0 Å². The van der Waals surface area contributed by atoms with Crippen molar-refractivity contribution in [3.63, 3.8) is 0 Å². The lowest BCUT2D eigenvalue weighted by molar-refractivity contribution is 0.0777. The summed E-state index contributed by atoms with van der Waals surface area (Å²) in [6, 6.07) is 5.16. The fraction of sp³-hybridized carbons (Fsp3) is 0.308. The summed E-state index contributed by atoms with van der Waals surface area (Å²) in [6.07, 6.45) is 6.13. The van der Waals surface area contributed by atoms with Gasteiger partial charge in [0.2, 0.25) is 0 Å². The van der Waals surface area contributed by atoms with Crippen LogP contribution in [-0.2, 0) is 0 Å². The third-order valence-electron chi connectivity index (χ3n) is 2.31. The van der Waals surface area contributed by atoms with E-state index in [1.54, 1.807) is 23.1 Å². The number of carbonyl (C=O) groups excluding carboxylic acids is 1. The zero-order valence-corrected chi connectivity index (χ0v) is 11.3. The van der Waals surface area contributed by atoms with Crippen molar-refractivity contribution in [2.24, 2.45) is 0 Å². The van der Waals surface area contributed by atoms with Crippen molar-refractivity contribution in [3.8, 4) is 12.3 Å². The van der Waals surface area contributed by atoms with Gasteiger partial charge < -0.3 is 10.6 Å². The monoisotopic (exact) mass is 294 g/mol. The Bertz CT molecular complexity index is 451. The lowest BCUT2D eigenvalue weighted by atomic mass is 10.1. The number of benzene rings is 1. The van der Waals surface area contributed by atoms with Gasteiger partial charge in [-0.2, -0.15) is 0 Å². The molecule has 0 radical (unpaired) electrons. The molecular formula is C13H15BrN2O. The van der Waals surface area contributed by atoms with Crippen LogP contribution in [0.15, 0.2) is 22.7 Å². The van der Waals surface area contributed by atoms with E-state index in [2.05, 4.69) is 21.9 Å². The first kappa shape index (κ1) is 13.6. The lowest BCUT2D eigenvalue weighted by Crippen LogP contribution is -2.32. The van der Waals surface area contributed by atoms with Crippen molar-refractivity contribution in [1.29, 1.82) is 0 Å². The van der Waals surface area contributed by atoms with Crippen LogP contribution in [0.1, 0.15) is 23.7 Å². The topological polar surface area (TPSA) is 46.3 Å². The van der Waals surface area contributed by atoms with Crippen molar-refractivity contribution in [3.05, 3.63) is 28.2 Å². The first-order valence-electron chi connectivity index (χ1n) is 5.38. The Kier molecular flexibility index (Phi) is 5.05. The zero-order valence-electron chi connectivity index (χ0n) is 9.74. The van der Waals surface area contributed by atoms with E-state index in [1.165, 1.54) is 0 Å². The molecule has 0 saturated carbocycles. The van der Waals surface area contributed by atoms with Gasteiger partial charge in [0.25, 0.3) is 5.91 Å². The molecule has 1 aromatic carbocycles. The summed E-state index contributed by atoms with van der Waals surface area (Å²) >= 11 is 3.29. The minimum absolute atomic E-state index is 0.0796. The fourth-order valence-electron chi connectivity index (χ4n) is 1.49. The highest BCUT2D eigenvalue weighted by Gasteiger charge is 2.14. The molecule has 0 aliphatic rings. The Morgan fingerprint density at radius 3 is 2.82 bits per heavy atom. The molecule has 17 heavy (non-hydrogen) atoms. The van der Waals surface area contributed by atoms with E-state index in [1.807, 2.05) is 6.92 Å². The number of amides is 1. The number of nitrogens with zero attached hydrogens (tertiary/aromatic N) is 1. The maximum atomic E-state index is 12.1. The van der Waals surface area contributed by atoms with Gasteiger partial charge >= 0.3 is 0 Å². The van der Waals surface area contributed by atoms with Gasteiger partial charge in [-0.05, 0) is 40.5 Å². The van der Waals surface area contributed by atoms with Crippen LogP contribution < -0.4 is 5.73 Å². The number of carbonyl (C=O) groups is 1. The number of terminal acetylenes is 1. The van der Waals surface area contributed by atoms with E-state index < -0.39 is 0 Å². The Balaban J connectivity index is 2.93. The summed E-state index contributed by atoms with van der Waals surface area (Å²) in [5.41, 5.74) is 6.86. The van der Waals surface area contributed by atoms with Crippen LogP contribution in [0.3, 0.4) is 0 Å². The molecule has 3 nitrogen and oxygen atoms in total. The predicted octanol–water partition coefficient (Wildman–Crippen LogP) is 2.52. The molecule has 1 aromatic rings. The van der Waals surface area contributed by atoms with Gasteiger partial charge in [-0.3, -0.25) is 4.79 Å². The quantitative estimate of drug-likeness (QED) is 0.685. The van der Waals surface area contributed by atoms with Crippen LogP contribution in [0.4, 0.5) is 5.69 Å². The maximum Gasteiger partial charge on any atom is 0.254 e. The van der Waals surface area contributed by atoms with E-state index in [4.69, 9.17) is 12.2 Å². The first-order chi connectivity index (χ1) is 8.10. The zero-order chi connectivity index (χ0) is 12.8. The highest BCUT2D eigenvalue weighted by molar-refractivity contribution is 9.10. The van der Waals surface area contributed by atoms with Crippen LogP contribution >= 0.6 is 15.9 Å². The van der Waals surface area contributed by atoms with Gasteiger partial charge in [0.05, 0.1) is 6.54 Å². The van der Waals surface area contributed by atoms with Crippen LogP contribution in [0, 0.1) is 12.3 Å². The Hall–Kier alpha value is -1.47. The van der Waals surface area contributed by atoms with E-state index >= 15 is 0 Å². The van der Waals surface area contributed by atoms with Gasteiger partial charge in [0, 0.05) is 22.3 Å². The molecule has 1 rings (SSSR count). The molecule has 0 spiro atoms. The van der Waals surface area contributed by atoms with Gasteiger partial charge in [-0.25, -0.2) is 0 Å². The maximum absolute atomic E-state index is 12.1. The molecule has 90 valence electrons. The molecule has 1 amide bonds. The summed E-state index contributed by atoms with van der Waals surface area (Å²) in [4.78, 5) is 13.8. The molecule has 0 heterocycles. The SMILES string of the molecule is C#CCN(CCC)C(=O)c1ccc(Br)c(N)c1. The number of anilines is 1. The third-order valence-corrected chi connectivity index (χ3v) is 3.03. The highest BCUT2D eigenvalue weighted by atomic mass is 79.9.